The van der Waals surface area contributed by atoms with E-state index < -0.39 is 0 Å². The molecule has 144 valence electrons. The maximum absolute atomic E-state index is 11.0. The molecule has 1 heterocycles. The van der Waals surface area contributed by atoms with Crippen LogP contribution in [0.2, 0.25) is 0 Å². The molecule has 0 aromatic heterocycles. The van der Waals surface area contributed by atoms with Crippen LogP contribution in [-0.4, -0.2) is 23.8 Å². The lowest BCUT2D eigenvalue weighted by Gasteiger charge is -2.23. The molecule has 29 heavy (non-hydrogen) atoms. The number of rotatable bonds is 4. The fourth-order valence-corrected chi connectivity index (χ4v) is 4.36. The molecule has 0 amide bonds. The molecule has 0 spiro atoms. The summed E-state index contributed by atoms with van der Waals surface area (Å²) in [6, 6.07) is 23.2. The number of non-ortho nitro benzene ring substituents is 1. The van der Waals surface area contributed by atoms with Gasteiger partial charge in [-0.25, -0.2) is 0 Å². The second-order valence-corrected chi connectivity index (χ2v) is 7.28. The second kappa shape index (κ2) is 6.74. The second-order valence-electron chi connectivity index (χ2n) is 7.28. The molecule has 6 nitrogen and oxygen atoms in total. The Hall–Kier alpha value is -3.67. The first-order chi connectivity index (χ1) is 14.2. The highest BCUT2D eigenvalue weighted by Crippen LogP contribution is 2.45. The molecule has 3 aromatic carbocycles. The van der Waals surface area contributed by atoms with Crippen molar-refractivity contribution < 1.29 is 9.66 Å². The Morgan fingerprint density at radius 1 is 1.03 bits per heavy atom. The lowest BCUT2D eigenvalue weighted by atomic mass is 9.89. The molecular formula is C23H19N3O3. The Labute approximate surface area is 168 Å². The normalized spacial score (nSPS) is 19.5. The SMILES string of the molecule is COc1ccc(C2=NN(c3ccc([N+](=O)[O-])cc3)[C@H]3Cc4ccccc4[C@H]23)cc1. The third kappa shape index (κ3) is 2.84. The lowest BCUT2D eigenvalue weighted by Crippen LogP contribution is -2.29. The van der Waals surface area contributed by atoms with Crippen LogP contribution in [0.3, 0.4) is 0 Å². The highest BCUT2D eigenvalue weighted by Gasteiger charge is 2.44. The van der Waals surface area contributed by atoms with Crippen LogP contribution >= 0.6 is 0 Å². The van der Waals surface area contributed by atoms with Gasteiger partial charge >= 0.3 is 0 Å². The number of hydrogen-bond acceptors (Lipinski definition) is 5. The summed E-state index contributed by atoms with van der Waals surface area (Å²) in [6.07, 6.45) is 0.890. The largest absolute Gasteiger partial charge is 0.497 e. The van der Waals surface area contributed by atoms with Gasteiger partial charge in [-0.15, -0.1) is 0 Å². The van der Waals surface area contributed by atoms with E-state index in [1.165, 1.54) is 23.3 Å². The Bertz CT molecular complexity index is 1110. The van der Waals surface area contributed by atoms with E-state index in [4.69, 9.17) is 9.84 Å². The maximum Gasteiger partial charge on any atom is 0.269 e. The zero-order valence-corrected chi connectivity index (χ0v) is 15.9. The van der Waals surface area contributed by atoms with Crippen LogP contribution in [-0.2, 0) is 6.42 Å². The minimum absolute atomic E-state index is 0.0820. The molecule has 0 saturated carbocycles. The van der Waals surface area contributed by atoms with Crippen molar-refractivity contribution in [1.82, 2.24) is 0 Å². The molecule has 3 aromatic rings. The molecule has 0 fully saturated rings. The predicted molar refractivity (Wildman–Crippen MR) is 112 cm³/mol. The first-order valence-electron chi connectivity index (χ1n) is 9.50. The number of hydrazone groups is 1. The number of anilines is 1. The molecule has 0 N–H and O–H groups in total. The van der Waals surface area contributed by atoms with E-state index in [9.17, 15) is 10.1 Å². The minimum atomic E-state index is -0.381. The standard InChI is InChI=1S/C23H19N3O3/c1-29-19-12-6-15(7-13-19)23-22-20-5-3-2-4-16(20)14-21(22)25(24-23)17-8-10-18(11-9-17)26(27)28/h2-13,21-22H,14H2,1H3/t21-,22-/m0/s1. The van der Waals surface area contributed by atoms with Crippen molar-refractivity contribution in [1.29, 1.82) is 0 Å². The number of fused-ring (bicyclic) bond motifs is 3. The lowest BCUT2D eigenvalue weighted by molar-refractivity contribution is -0.384. The van der Waals surface area contributed by atoms with Crippen molar-refractivity contribution in [3.05, 3.63) is 99.6 Å². The van der Waals surface area contributed by atoms with Gasteiger partial charge in [-0.2, -0.15) is 5.10 Å². The summed E-state index contributed by atoms with van der Waals surface area (Å²) < 4.78 is 5.29. The van der Waals surface area contributed by atoms with Crippen molar-refractivity contribution >= 4 is 17.1 Å². The van der Waals surface area contributed by atoms with Gasteiger partial charge in [-0.1, -0.05) is 24.3 Å². The van der Waals surface area contributed by atoms with Gasteiger partial charge in [0.1, 0.15) is 5.75 Å². The summed E-state index contributed by atoms with van der Waals surface area (Å²) in [4.78, 5) is 10.6. The van der Waals surface area contributed by atoms with Crippen LogP contribution in [0, 0.1) is 10.1 Å². The number of nitro benzene ring substituents is 1. The van der Waals surface area contributed by atoms with Crippen molar-refractivity contribution in [2.75, 3.05) is 12.1 Å². The Kier molecular flexibility index (Phi) is 4.05. The van der Waals surface area contributed by atoms with E-state index in [0.29, 0.717) is 0 Å². The summed E-state index contributed by atoms with van der Waals surface area (Å²) in [5.41, 5.74) is 5.65. The molecule has 1 aliphatic heterocycles. The zero-order chi connectivity index (χ0) is 20.0. The number of methoxy groups -OCH3 is 1. The average molecular weight is 385 g/mol. The van der Waals surface area contributed by atoms with E-state index >= 15 is 0 Å². The van der Waals surface area contributed by atoms with Crippen LogP contribution < -0.4 is 9.75 Å². The fourth-order valence-electron chi connectivity index (χ4n) is 4.36. The van der Waals surface area contributed by atoms with Gasteiger partial charge in [0.05, 0.1) is 35.4 Å². The van der Waals surface area contributed by atoms with Crippen LogP contribution in [0.4, 0.5) is 11.4 Å². The van der Waals surface area contributed by atoms with Crippen LogP contribution in [0.15, 0.2) is 77.9 Å². The van der Waals surface area contributed by atoms with Crippen LogP contribution in [0.5, 0.6) is 5.75 Å². The maximum atomic E-state index is 11.0. The van der Waals surface area contributed by atoms with Gasteiger partial charge in [0.15, 0.2) is 0 Å². The molecule has 0 unspecified atom stereocenters. The summed E-state index contributed by atoms with van der Waals surface area (Å²) in [6.45, 7) is 0. The summed E-state index contributed by atoms with van der Waals surface area (Å²) >= 11 is 0. The van der Waals surface area contributed by atoms with Gasteiger partial charge < -0.3 is 4.74 Å². The van der Waals surface area contributed by atoms with E-state index in [0.717, 1.165) is 29.1 Å². The Morgan fingerprint density at radius 2 is 1.76 bits per heavy atom. The molecule has 0 bridgehead atoms. The van der Waals surface area contributed by atoms with Gasteiger partial charge in [0.25, 0.3) is 5.69 Å². The number of ether oxygens (including phenoxy) is 1. The molecule has 6 heteroatoms. The number of nitro groups is 1. The molecule has 0 saturated heterocycles. The number of hydrogen-bond donors (Lipinski definition) is 0. The quantitative estimate of drug-likeness (QED) is 0.489. The summed E-state index contributed by atoms with van der Waals surface area (Å²) in [5, 5.41) is 18.0. The van der Waals surface area contributed by atoms with Gasteiger partial charge in [0.2, 0.25) is 0 Å². The molecule has 1 aliphatic carbocycles. The van der Waals surface area contributed by atoms with Crippen molar-refractivity contribution in [3.63, 3.8) is 0 Å². The fraction of sp³-hybridized carbons (Fsp3) is 0.174. The van der Waals surface area contributed by atoms with E-state index in [2.05, 4.69) is 24.3 Å². The monoisotopic (exact) mass is 385 g/mol. The van der Waals surface area contributed by atoms with Gasteiger partial charge in [-0.05, 0) is 59.5 Å². The van der Waals surface area contributed by atoms with E-state index in [1.54, 1.807) is 19.2 Å². The van der Waals surface area contributed by atoms with Crippen molar-refractivity contribution in [2.24, 2.45) is 5.10 Å². The highest BCUT2D eigenvalue weighted by atomic mass is 16.6. The Morgan fingerprint density at radius 3 is 2.45 bits per heavy atom. The molecular weight excluding hydrogens is 366 g/mol. The average Bonchev–Trinajstić information content (AvgIpc) is 3.31. The Balaban J connectivity index is 1.59. The minimum Gasteiger partial charge on any atom is -0.497 e. The van der Waals surface area contributed by atoms with Crippen molar-refractivity contribution in [3.8, 4) is 5.75 Å². The highest BCUT2D eigenvalue weighted by molar-refractivity contribution is 6.08. The summed E-state index contributed by atoms with van der Waals surface area (Å²) in [5.74, 6) is 0.970. The van der Waals surface area contributed by atoms with Gasteiger partial charge in [-0.3, -0.25) is 15.1 Å². The first-order valence-corrected chi connectivity index (χ1v) is 9.50. The van der Waals surface area contributed by atoms with E-state index in [1.807, 2.05) is 29.3 Å². The first kappa shape index (κ1) is 17.4. The summed E-state index contributed by atoms with van der Waals surface area (Å²) in [7, 11) is 1.65. The number of nitrogens with zero attached hydrogens (tertiary/aromatic N) is 3. The smallest absolute Gasteiger partial charge is 0.269 e. The van der Waals surface area contributed by atoms with Crippen LogP contribution in [0.25, 0.3) is 0 Å². The van der Waals surface area contributed by atoms with Crippen molar-refractivity contribution in [2.45, 2.75) is 18.4 Å². The van der Waals surface area contributed by atoms with Gasteiger partial charge in [0, 0.05) is 12.1 Å². The third-order valence-electron chi connectivity index (χ3n) is 5.74. The van der Waals surface area contributed by atoms with E-state index in [-0.39, 0.29) is 22.6 Å². The molecule has 5 rings (SSSR count). The predicted octanol–water partition coefficient (Wildman–Crippen LogP) is 4.54. The molecule has 0 radical (unpaired) electrons. The third-order valence-corrected chi connectivity index (χ3v) is 5.74. The molecule has 2 atom stereocenters. The zero-order valence-electron chi connectivity index (χ0n) is 15.9. The topological polar surface area (TPSA) is 68.0 Å². The van der Waals surface area contributed by atoms with Crippen LogP contribution in [0.1, 0.15) is 22.6 Å². The molecule has 2 aliphatic rings. The number of benzene rings is 3.